The molecule has 2 aromatic rings. The highest BCUT2D eigenvalue weighted by molar-refractivity contribution is 6.01. The van der Waals surface area contributed by atoms with Crippen LogP contribution in [0, 0.1) is 13.8 Å². The SMILES string of the molecule is Cc1ccccc1/N=C(\c1ccc(O)cc1C)N1CCN(CCOCCO)CC1. The minimum absolute atomic E-state index is 0.0679. The number of benzene rings is 2. The molecule has 0 saturated carbocycles. The van der Waals surface area contributed by atoms with E-state index >= 15 is 0 Å². The van der Waals surface area contributed by atoms with Crippen molar-refractivity contribution in [1.82, 2.24) is 9.80 Å². The van der Waals surface area contributed by atoms with E-state index in [-0.39, 0.29) is 12.4 Å². The summed E-state index contributed by atoms with van der Waals surface area (Å²) in [5, 5.41) is 18.6. The van der Waals surface area contributed by atoms with E-state index in [0.29, 0.717) is 13.2 Å². The second-order valence-electron chi connectivity index (χ2n) is 7.39. The molecule has 1 fully saturated rings. The number of phenolic OH excluding ortho intramolecular Hbond substituents is 1. The van der Waals surface area contributed by atoms with Crippen molar-refractivity contribution in [3.05, 3.63) is 59.2 Å². The number of ether oxygens (including phenoxy) is 1. The van der Waals surface area contributed by atoms with Crippen molar-refractivity contribution in [3.8, 4) is 5.75 Å². The Hall–Kier alpha value is -2.41. The van der Waals surface area contributed by atoms with Crippen molar-refractivity contribution in [3.63, 3.8) is 0 Å². The van der Waals surface area contributed by atoms with Crippen LogP contribution >= 0.6 is 0 Å². The van der Waals surface area contributed by atoms with Gasteiger partial charge in [-0.25, -0.2) is 4.99 Å². The monoisotopic (exact) mass is 397 g/mol. The predicted octanol–water partition coefficient (Wildman–Crippen LogP) is 2.71. The molecule has 0 aromatic heterocycles. The van der Waals surface area contributed by atoms with Gasteiger partial charge in [0.25, 0.3) is 0 Å². The summed E-state index contributed by atoms with van der Waals surface area (Å²) in [6.45, 7) is 9.69. The maximum Gasteiger partial charge on any atom is 0.136 e. The molecular formula is C23H31N3O3. The lowest BCUT2D eigenvalue weighted by molar-refractivity contribution is 0.0652. The Morgan fingerprint density at radius 3 is 2.45 bits per heavy atom. The van der Waals surface area contributed by atoms with Gasteiger partial charge in [0.2, 0.25) is 0 Å². The highest BCUT2D eigenvalue weighted by Crippen LogP contribution is 2.24. The van der Waals surface area contributed by atoms with Gasteiger partial charge in [-0.15, -0.1) is 0 Å². The number of nitrogens with zero attached hydrogens (tertiary/aromatic N) is 3. The Bertz CT molecular complexity index is 830. The third-order valence-corrected chi connectivity index (χ3v) is 5.25. The van der Waals surface area contributed by atoms with Crippen LogP contribution in [0.1, 0.15) is 16.7 Å². The lowest BCUT2D eigenvalue weighted by atomic mass is 10.1. The Kier molecular flexibility index (Phi) is 7.63. The van der Waals surface area contributed by atoms with Gasteiger partial charge >= 0.3 is 0 Å². The molecule has 1 aliphatic rings. The Labute approximate surface area is 173 Å². The summed E-state index contributed by atoms with van der Waals surface area (Å²) in [5.41, 5.74) is 4.17. The van der Waals surface area contributed by atoms with E-state index in [1.165, 1.54) is 0 Å². The zero-order valence-electron chi connectivity index (χ0n) is 17.3. The summed E-state index contributed by atoms with van der Waals surface area (Å²) < 4.78 is 5.40. The summed E-state index contributed by atoms with van der Waals surface area (Å²) >= 11 is 0. The first-order valence-electron chi connectivity index (χ1n) is 10.2. The van der Waals surface area contributed by atoms with Gasteiger partial charge in [0.05, 0.1) is 25.5 Å². The molecule has 0 spiro atoms. The Balaban J connectivity index is 1.79. The van der Waals surface area contributed by atoms with E-state index in [1.807, 2.05) is 31.2 Å². The van der Waals surface area contributed by atoms with Crippen LogP contribution in [0.4, 0.5) is 5.69 Å². The molecule has 0 amide bonds. The molecule has 29 heavy (non-hydrogen) atoms. The number of aliphatic hydroxyl groups is 1. The van der Waals surface area contributed by atoms with Crippen molar-refractivity contribution in [1.29, 1.82) is 0 Å². The third-order valence-electron chi connectivity index (χ3n) is 5.25. The van der Waals surface area contributed by atoms with Gasteiger partial charge in [-0.2, -0.15) is 0 Å². The van der Waals surface area contributed by atoms with Crippen LogP contribution < -0.4 is 0 Å². The van der Waals surface area contributed by atoms with E-state index < -0.39 is 0 Å². The number of aromatic hydroxyl groups is 1. The van der Waals surface area contributed by atoms with Crippen molar-refractivity contribution < 1.29 is 14.9 Å². The van der Waals surface area contributed by atoms with Crippen LogP contribution in [0.3, 0.4) is 0 Å². The number of piperazine rings is 1. The second-order valence-corrected chi connectivity index (χ2v) is 7.39. The van der Waals surface area contributed by atoms with Crippen molar-refractivity contribution >= 4 is 11.5 Å². The van der Waals surface area contributed by atoms with Crippen molar-refractivity contribution in [2.45, 2.75) is 13.8 Å². The highest BCUT2D eigenvalue weighted by Gasteiger charge is 2.22. The summed E-state index contributed by atoms with van der Waals surface area (Å²) in [6, 6.07) is 13.6. The zero-order chi connectivity index (χ0) is 20.6. The van der Waals surface area contributed by atoms with Crippen LogP contribution in [0.15, 0.2) is 47.5 Å². The zero-order valence-corrected chi connectivity index (χ0v) is 17.3. The molecule has 0 atom stereocenters. The lowest BCUT2D eigenvalue weighted by Gasteiger charge is -2.37. The molecule has 0 unspecified atom stereocenters. The van der Waals surface area contributed by atoms with Gasteiger partial charge in [0.15, 0.2) is 0 Å². The van der Waals surface area contributed by atoms with Gasteiger partial charge in [-0.05, 0) is 49.2 Å². The van der Waals surface area contributed by atoms with E-state index in [4.69, 9.17) is 14.8 Å². The molecule has 2 aromatic carbocycles. The maximum atomic E-state index is 9.83. The number of aliphatic hydroxyl groups excluding tert-OH is 1. The number of rotatable bonds is 7. The summed E-state index contributed by atoms with van der Waals surface area (Å²) in [5.74, 6) is 1.22. The first-order chi connectivity index (χ1) is 14.1. The number of aliphatic imine (C=N–C) groups is 1. The topological polar surface area (TPSA) is 68.5 Å². The van der Waals surface area contributed by atoms with E-state index in [1.54, 1.807) is 12.1 Å². The lowest BCUT2D eigenvalue weighted by Crippen LogP contribution is -2.49. The smallest absolute Gasteiger partial charge is 0.136 e. The molecule has 2 N–H and O–H groups in total. The van der Waals surface area contributed by atoms with Gasteiger partial charge in [0, 0.05) is 38.3 Å². The fourth-order valence-corrected chi connectivity index (χ4v) is 3.55. The first kappa shape index (κ1) is 21.3. The number of aryl methyl sites for hydroxylation is 2. The fraction of sp³-hybridized carbons (Fsp3) is 0.435. The molecule has 3 rings (SSSR count). The molecule has 6 heteroatoms. The average Bonchev–Trinajstić information content (AvgIpc) is 2.72. The first-order valence-corrected chi connectivity index (χ1v) is 10.2. The fourth-order valence-electron chi connectivity index (χ4n) is 3.55. The minimum Gasteiger partial charge on any atom is -0.508 e. The van der Waals surface area contributed by atoms with Crippen molar-refractivity contribution in [2.24, 2.45) is 4.99 Å². The molecular weight excluding hydrogens is 366 g/mol. The minimum atomic E-state index is 0.0679. The normalized spacial score (nSPS) is 15.7. The molecule has 0 aliphatic carbocycles. The van der Waals surface area contributed by atoms with Crippen LogP contribution in [0.5, 0.6) is 5.75 Å². The van der Waals surface area contributed by atoms with Gasteiger partial charge in [-0.1, -0.05) is 18.2 Å². The van der Waals surface area contributed by atoms with Crippen LogP contribution in [-0.2, 0) is 4.74 Å². The molecule has 1 heterocycles. The van der Waals surface area contributed by atoms with Gasteiger partial charge in [0.1, 0.15) is 11.6 Å². The largest absolute Gasteiger partial charge is 0.508 e. The number of hydrogen-bond acceptors (Lipinski definition) is 5. The van der Waals surface area contributed by atoms with Crippen molar-refractivity contribution in [2.75, 3.05) is 52.5 Å². The average molecular weight is 398 g/mol. The Morgan fingerprint density at radius 2 is 1.76 bits per heavy atom. The van der Waals surface area contributed by atoms with Gasteiger partial charge in [-0.3, -0.25) is 4.90 Å². The quantitative estimate of drug-likeness (QED) is 0.427. The molecule has 1 saturated heterocycles. The number of hydrogen-bond donors (Lipinski definition) is 2. The summed E-state index contributed by atoms with van der Waals surface area (Å²) in [4.78, 5) is 9.75. The molecule has 1 aliphatic heterocycles. The second kappa shape index (κ2) is 10.4. The van der Waals surface area contributed by atoms with Gasteiger partial charge < -0.3 is 19.8 Å². The number of para-hydroxylation sites is 1. The molecule has 0 bridgehead atoms. The Morgan fingerprint density at radius 1 is 1.00 bits per heavy atom. The van der Waals surface area contributed by atoms with Crippen LogP contribution in [0.25, 0.3) is 0 Å². The summed E-state index contributed by atoms with van der Waals surface area (Å²) in [7, 11) is 0. The molecule has 6 nitrogen and oxygen atoms in total. The number of amidine groups is 1. The van der Waals surface area contributed by atoms with E-state index in [2.05, 4.69) is 22.8 Å². The maximum absolute atomic E-state index is 9.83. The predicted molar refractivity (Wildman–Crippen MR) is 116 cm³/mol. The summed E-state index contributed by atoms with van der Waals surface area (Å²) in [6.07, 6.45) is 0. The highest BCUT2D eigenvalue weighted by atomic mass is 16.5. The van der Waals surface area contributed by atoms with Crippen LogP contribution in [-0.4, -0.2) is 78.4 Å². The molecule has 0 radical (unpaired) electrons. The molecule has 156 valence electrons. The van der Waals surface area contributed by atoms with Crippen LogP contribution in [0.2, 0.25) is 0 Å². The standard InChI is InChI=1S/C23H31N3O3/c1-18-5-3-4-6-22(18)24-23(21-8-7-20(28)17-19(21)2)26-11-9-25(10-12-26)13-15-29-16-14-27/h3-8,17,27-28H,9-16H2,1-2H3/b24-23+. The van der Waals surface area contributed by atoms with E-state index in [0.717, 1.165) is 60.9 Å². The third kappa shape index (κ3) is 5.79. The number of phenols is 1. The van der Waals surface area contributed by atoms with E-state index in [9.17, 15) is 5.11 Å².